The maximum atomic E-state index is 2.70. The molecule has 0 nitrogen and oxygen atoms in total. The maximum absolute atomic E-state index is 2.70. The third-order valence-corrected chi connectivity index (χ3v) is 16.5. The van der Waals surface area contributed by atoms with Crippen LogP contribution in [0.25, 0.3) is 11.1 Å². The molecule has 0 aromatic heterocycles. The Balaban J connectivity index is 0.00000200. The van der Waals surface area contributed by atoms with Crippen LogP contribution in [0, 0.1) is 5.41 Å². The molecule has 0 aliphatic heterocycles. The van der Waals surface area contributed by atoms with Gasteiger partial charge in [-0.15, -0.1) is 0 Å². The molecule has 0 bridgehead atoms. The Bertz CT molecular complexity index is 1310. The number of halogens is 2. The van der Waals surface area contributed by atoms with Crippen molar-refractivity contribution in [3.63, 3.8) is 0 Å². The molecule has 3 heteroatoms. The smallest absolute Gasteiger partial charge is 1.00 e. The van der Waals surface area contributed by atoms with Crippen molar-refractivity contribution < 1.29 is 46.1 Å². The van der Waals surface area contributed by atoms with Gasteiger partial charge in [0, 0.05) is 0 Å². The molecule has 0 N–H and O–H groups in total. The second-order valence-corrected chi connectivity index (χ2v) is 21.1. The van der Waals surface area contributed by atoms with Gasteiger partial charge in [0.25, 0.3) is 0 Å². The second kappa shape index (κ2) is 11.3. The number of benzene rings is 2. The Kier molecular flexibility index (Phi) is 9.42. The third kappa shape index (κ3) is 6.11. The zero-order chi connectivity index (χ0) is 26.0. The summed E-state index contributed by atoms with van der Waals surface area (Å²) in [7, 11) is 0. The topological polar surface area (TPSA) is 0 Å². The fourth-order valence-corrected chi connectivity index (χ4v) is 14.8. The average molecular weight is 629 g/mol. The van der Waals surface area contributed by atoms with Crippen molar-refractivity contribution in [2.45, 2.75) is 112 Å². The van der Waals surface area contributed by atoms with Crippen molar-refractivity contribution >= 4 is 6.48 Å². The van der Waals surface area contributed by atoms with Crippen molar-refractivity contribution in [1.82, 2.24) is 0 Å². The van der Waals surface area contributed by atoms with E-state index in [0.29, 0.717) is 0 Å². The number of hydrogen-bond donors (Lipinski definition) is 0. The Labute approximate surface area is 252 Å². The van der Waals surface area contributed by atoms with Crippen LogP contribution < -0.4 is 28.1 Å². The van der Waals surface area contributed by atoms with Gasteiger partial charge in [0.15, 0.2) is 0 Å². The summed E-state index contributed by atoms with van der Waals surface area (Å²) in [6.07, 6.45) is 13.1. The van der Waals surface area contributed by atoms with Gasteiger partial charge in [-0.25, -0.2) is 0 Å². The maximum Gasteiger partial charge on any atom is -1.00 e. The van der Waals surface area contributed by atoms with Gasteiger partial charge in [0.2, 0.25) is 0 Å². The zero-order valence-electron chi connectivity index (χ0n) is 25.0. The average Bonchev–Trinajstić information content (AvgIpc) is 3.52. The Morgan fingerprint density at radius 3 is 1.84 bits per heavy atom. The number of hydrogen-bond acceptors (Lipinski definition) is 0. The van der Waals surface area contributed by atoms with Crippen molar-refractivity contribution in [1.29, 1.82) is 0 Å². The van der Waals surface area contributed by atoms with Crippen LogP contribution in [-0.4, -0.2) is 3.21 Å². The molecule has 2 aromatic rings. The van der Waals surface area contributed by atoms with Crippen LogP contribution in [0.5, 0.6) is 0 Å². The minimum atomic E-state index is -2.18. The predicted octanol–water partition coefficient (Wildman–Crippen LogP) is 3.11. The van der Waals surface area contributed by atoms with E-state index >= 15 is 0 Å². The van der Waals surface area contributed by atoms with E-state index in [4.69, 9.17) is 0 Å². The molecular formula is C35H46Cl2Zr. The van der Waals surface area contributed by atoms with E-state index in [2.05, 4.69) is 105 Å². The van der Waals surface area contributed by atoms with Crippen LogP contribution in [0.3, 0.4) is 0 Å². The molecule has 1 saturated carbocycles. The number of rotatable bonds is 2. The quantitative estimate of drug-likeness (QED) is 0.410. The van der Waals surface area contributed by atoms with E-state index in [1.54, 1.807) is 25.5 Å². The predicted molar refractivity (Wildman–Crippen MR) is 155 cm³/mol. The molecule has 0 amide bonds. The van der Waals surface area contributed by atoms with Crippen molar-refractivity contribution in [3.8, 4) is 11.1 Å². The van der Waals surface area contributed by atoms with Crippen LogP contribution in [0.4, 0.5) is 0 Å². The standard InChI is InChI=1S/C21H25.C9H13.C5H8.2ClH.Zr/c1-20(2,3)16-9-7-14-11-15-8-10-17(21(4,5)6)13-19(15)18(14)12-16;1-9(2,3)8-6-4-5-7-8;1-2-4-5-3-1;;;/h7,9-10,12-13H,11H2,1-6H3;6-7H,4H2,1-3H3;1-4H2;2*1H;/q;;;;;+2/p-2. The normalized spacial score (nSPS) is 16.6. The summed E-state index contributed by atoms with van der Waals surface area (Å²) >= 11 is -2.18. The van der Waals surface area contributed by atoms with E-state index in [1.165, 1.54) is 48.8 Å². The minimum Gasteiger partial charge on any atom is -1.00 e. The monoisotopic (exact) mass is 626 g/mol. The van der Waals surface area contributed by atoms with Gasteiger partial charge in [0.1, 0.15) is 0 Å². The van der Waals surface area contributed by atoms with E-state index in [1.807, 2.05) is 6.49 Å². The van der Waals surface area contributed by atoms with Crippen molar-refractivity contribution in [2.24, 2.45) is 5.41 Å². The Hall–Kier alpha value is -0.747. The number of fused-ring (bicyclic) bond motifs is 3. The number of allylic oxidation sites excluding steroid dienone is 4. The SMILES string of the molecule is CC(C)(C)C1=CC[C]([Zr+2](=[C]2CCCC2)[c]2cc(C(C)(C)C)cc3c2Cc2ccc(C(C)(C)C)cc2-3)=C1.[Cl-].[Cl-]. The molecule has 0 saturated heterocycles. The van der Waals surface area contributed by atoms with Gasteiger partial charge in [0.05, 0.1) is 0 Å². The second-order valence-electron chi connectivity index (χ2n) is 14.6. The molecule has 0 radical (unpaired) electrons. The third-order valence-electron chi connectivity index (χ3n) is 8.64. The zero-order valence-corrected chi connectivity index (χ0v) is 29.0. The van der Waals surface area contributed by atoms with Crippen LogP contribution in [0.2, 0.25) is 0 Å². The van der Waals surface area contributed by atoms with E-state index < -0.39 is 21.3 Å². The molecule has 204 valence electrons. The first-order chi connectivity index (χ1) is 16.7. The molecule has 3 aliphatic carbocycles. The summed E-state index contributed by atoms with van der Waals surface area (Å²) < 4.78 is 5.62. The van der Waals surface area contributed by atoms with Crippen LogP contribution in [0.15, 0.2) is 51.3 Å². The summed E-state index contributed by atoms with van der Waals surface area (Å²) in [6, 6.07) is 12.6. The van der Waals surface area contributed by atoms with Crippen LogP contribution in [-0.2, 0) is 38.5 Å². The Morgan fingerprint density at radius 2 is 1.29 bits per heavy atom. The summed E-state index contributed by atoms with van der Waals surface area (Å²) in [5.41, 5.74) is 11.4. The van der Waals surface area contributed by atoms with Gasteiger partial charge in [-0.05, 0) is 0 Å². The molecule has 0 unspecified atom stereocenters. The summed E-state index contributed by atoms with van der Waals surface area (Å²) in [4.78, 5) is 0. The molecule has 0 heterocycles. The fraction of sp³-hybridized carbons (Fsp3) is 0.514. The molecule has 5 rings (SSSR count). The minimum absolute atomic E-state index is 0. The van der Waals surface area contributed by atoms with E-state index in [9.17, 15) is 0 Å². The molecule has 0 spiro atoms. The molecule has 38 heavy (non-hydrogen) atoms. The summed E-state index contributed by atoms with van der Waals surface area (Å²) in [5.74, 6) is 0. The summed E-state index contributed by atoms with van der Waals surface area (Å²) in [6.45, 7) is 21.4. The van der Waals surface area contributed by atoms with Gasteiger partial charge in [-0.3, -0.25) is 0 Å². The fourth-order valence-electron chi connectivity index (χ4n) is 6.26. The first-order valence-electron chi connectivity index (χ1n) is 14.2. The Morgan fingerprint density at radius 1 is 0.684 bits per heavy atom. The van der Waals surface area contributed by atoms with Gasteiger partial charge >= 0.3 is 230 Å². The van der Waals surface area contributed by atoms with E-state index in [-0.39, 0.29) is 41.1 Å². The largest absolute Gasteiger partial charge is 1.00 e. The van der Waals surface area contributed by atoms with E-state index in [0.717, 1.165) is 6.42 Å². The molecule has 3 aliphatic rings. The van der Waals surface area contributed by atoms with Gasteiger partial charge in [-0.1, -0.05) is 0 Å². The molecule has 0 atom stereocenters. The van der Waals surface area contributed by atoms with Crippen molar-refractivity contribution in [3.05, 3.63) is 73.6 Å². The van der Waals surface area contributed by atoms with Gasteiger partial charge < -0.3 is 24.8 Å². The molecule has 2 aromatic carbocycles. The van der Waals surface area contributed by atoms with Gasteiger partial charge in [-0.2, -0.15) is 0 Å². The van der Waals surface area contributed by atoms with Crippen LogP contribution in [0.1, 0.15) is 117 Å². The first-order valence-corrected chi connectivity index (χ1v) is 17.9. The van der Waals surface area contributed by atoms with Crippen LogP contribution >= 0.6 is 0 Å². The molecule has 1 fully saturated rings. The first kappa shape index (κ1) is 31.8. The summed E-state index contributed by atoms with van der Waals surface area (Å²) in [5, 5.41) is 0. The molecular weight excluding hydrogens is 583 g/mol. The van der Waals surface area contributed by atoms with Crippen molar-refractivity contribution in [2.75, 3.05) is 0 Å².